The Balaban J connectivity index is 1.79. The van der Waals surface area contributed by atoms with E-state index < -0.39 is 11.9 Å². The van der Waals surface area contributed by atoms with Crippen LogP contribution < -0.4 is 15.4 Å². The largest absolute Gasteiger partial charge is 0.497 e. The summed E-state index contributed by atoms with van der Waals surface area (Å²) in [5.41, 5.74) is 1.74. The molecular weight excluding hydrogens is 336 g/mol. The van der Waals surface area contributed by atoms with Crippen molar-refractivity contribution in [1.82, 2.24) is 5.32 Å². The van der Waals surface area contributed by atoms with Gasteiger partial charge in [-0.05, 0) is 42.0 Å². The average Bonchev–Trinajstić information content (AvgIpc) is 2.64. The van der Waals surface area contributed by atoms with Crippen LogP contribution >= 0.6 is 0 Å². The third kappa shape index (κ3) is 5.94. The number of methoxy groups -OCH3 is 1. The van der Waals surface area contributed by atoms with Crippen molar-refractivity contribution in [1.29, 1.82) is 0 Å². The van der Waals surface area contributed by atoms with Gasteiger partial charge in [0, 0.05) is 19.2 Å². The van der Waals surface area contributed by atoms with Crippen LogP contribution in [0.15, 0.2) is 48.5 Å². The summed E-state index contributed by atoms with van der Waals surface area (Å²) < 4.78 is 10.1. The quantitative estimate of drug-likeness (QED) is 0.741. The van der Waals surface area contributed by atoms with E-state index in [-0.39, 0.29) is 12.5 Å². The minimum Gasteiger partial charge on any atom is -0.497 e. The van der Waals surface area contributed by atoms with E-state index in [2.05, 4.69) is 10.6 Å². The molecule has 7 heteroatoms. The molecule has 2 aromatic carbocycles. The molecule has 2 N–H and O–H groups in total. The molecule has 0 fully saturated rings. The Morgan fingerprint density at radius 1 is 1.04 bits per heavy atom. The van der Waals surface area contributed by atoms with Crippen molar-refractivity contribution >= 4 is 23.5 Å². The van der Waals surface area contributed by atoms with Gasteiger partial charge in [0.25, 0.3) is 5.91 Å². The van der Waals surface area contributed by atoms with Crippen molar-refractivity contribution in [2.75, 3.05) is 19.0 Å². The van der Waals surface area contributed by atoms with Gasteiger partial charge in [-0.2, -0.15) is 0 Å². The zero-order chi connectivity index (χ0) is 18.9. The molecule has 0 spiro atoms. The molecule has 7 nitrogen and oxygen atoms in total. The fourth-order valence-corrected chi connectivity index (χ4v) is 2.14. The van der Waals surface area contributed by atoms with E-state index in [0.29, 0.717) is 23.5 Å². The zero-order valence-electron chi connectivity index (χ0n) is 14.6. The summed E-state index contributed by atoms with van der Waals surface area (Å²) in [6, 6.07) is 13.5. The van der Waals surface area contributed by atoms with Crippen LogP contribution in [0, 0.1) is 0 Å². The lowest BCUT2D eigenvalue weighted by atomic mass is 10.2. The maximum absolute atomic E-state index is 11.9. The van der Waals surface area contributed by atoms with Crippen molar-refractivity contribution < 1.29 is 23.9 Å². The number of amides is 2. The second kappa shape index (κ2) is 9.22. The number of benzene rings is 2. The first-order valence-electron chi connectivity index (χ1n) is 7.92. The summed E-state index contributed by atoms with van der Waals surface area (Å²) in [4.78, 5) is 34.7. The molecule has 2 rings (SSSR count). The normalized spacial score (nSPS) is 9.92. The van der Waals surface area contributed by atoms with Gasteiger partial charge in [0.1, 0.15) is 5.75 Å². The molecule has 2 amide bonds. The molecule has 0 aliphatic heterocycles. The summed E-state index contributed by atoms with van der Waals surface area (Å²) in [6.07, 6.45) is 0. The van der Waals surface area contributed by atoms with Gasteiger partial charge in [-0.25, -0.2) is 4.79 Å². The van der Waals surface area contributed by atoms with E-state index in [1.807, 2.05) is 24.3 Å². The maximum atomic E-state index is 11.9. The molecule has 0 atom stereocenters. The highest BCUT2D eigenvalue weighted by Crippen LogP contribution is 2.12. The highest BCUT2D eigenvalue weighted by Gasteiger charge is 2.10. The second-order valence-corrected chi connectivity index (χ2v) is 5.46. The van der Waals surface area contributed by atoms with Gasteiger partial charge in [-0.15, -0.1) is 0 Å². The van der Waals surface area contributed by atoms with E-state index in [9.17, 15) is 14.4 Å². The number of anilines is 1. The van der Waals surface area contributed by atoms with Gasteiger partial charge < -0.3 is 20.1 Å². The molecule has 0 saturated heterocycles. The molecule has 136 valence electrons. The second-order valence-electron chi connectivity index (χ2n) is 5.46. The summed E-state index contributed by atoms with van der Waals surface area (Å²) >= 11 is 0. The number of rotatable bonds is 7. The van der Waals surface area contributed by atoms with Crippen LogP contribution in [-0.4, -0.2) is 31.5 Å². The van der Waals surface area contributed by atoms with Crippen LogP contribution in [0.1, 0.15) is 22.8 Å². The molecular formula is C19H20N2O5. The predicted molar refractivity (Wildman–Crippen MR) is 95.9 cm³/mol. The number of esters is 1. The Labute approximate surface area is 151 Å². The lowest BCUT2D eigenvalue weighted by Gasteiger charge is -2.08. The van der Waals surface area contributed by atoms with Crippen molar-refractivity contribution in [3.05, 3.63) is 59.7 Å². The first-order valence-corrected chi connectivity index (χ1v) is 7.92. The Morgan fingerprint density at radius 3 is 2.42 bits per heavy atom. The van der Waals surface area contributed by atoms with Gasteiger partial charge in [0.05, 0.1) is 12.7 Å². The summed E-state index contributed by atoms with van der Waals surface area (Å²) in [6.45, 7) is 1.32. The third-order valence-electron chi connectivity index (χ3n) is 3.40. The topological polar surface area (TPSA) is 93.7 Å². The number of hydrogen-bond donors (Lipinski definition) is 2. The summed E-state index contributed by atoms with van der Waals surface area (Å²) in [5, 5.41) is 5.27. The zero-order valence-corrected chi connectivity index (χ0v) is 14.6. The minimum atomic E-state index is -0.615. The van der Waals surface area contributed by atoms with Crippen molar-refractivity contribution in [3.8, 4) is 5.75 Å². The van der Waals surface area contributed by atoms with E-state index >= 15 is 0 Å². The third-order valence-corrected chi connectivity index (χ3v) is 3.40. The number of carbonyl (C=O) groups excluding carboxylic acids is 3. The van der Waals surface area contributed by atoms with Crippen LogP contribution in [0.2, 0.25) is 0 Å². The fraction of sp³-hybridized carbons (Fsp3) is 0.211. The Kier molecular flexibility index (Phi) is 6.73. The van der Waals surface area contributed by atoms with Crippen LogP contribution in [-0.2, 0) is 20.9 Å². The Hall–Kier alpha value is -3.35. The van der Waals surface area contributed by atoms with Gasteiger partial charge in [0.2, 0.25) is 5.91 Å². The van der Waals surface area contributed by atoms with Crippen LogP contribution in [0.4, 0.5) is 5.69 Å². The first-order chi connectivity index (χ1) is 12.5. The van der Waals surface area contributed by atoms with E-state index in [4.69, 9.17) is 9.47 Å². The maximum Gasteiger partial charge on any atom is 0.338 e. The minimum absolute atomic E-state index is 0.201. The van der Waals surface area contributed by atoms with E-state index in [1.165, 1.54) is 19.1 Å². The average molecular weight is 356 g/mol. The highest BCUT2D eigenvalue weighted by molar-refractivity contribution is 5.93. The van der Waals surface area contributed by atoms with Crippen LogP contribution in [0.3, 0.4) is 0 Å². The molecule has 0 radical (unpaired) electrons. The van der Waals surface area contributed by atoms with Gasteiger partial charge in [0.15, 0.2) is 6.61 Å². The first kappa shape index (κ1) is 19.0. The number of hydrogen-bond acceptors (Lipinski definition) is 5. The summed E-state index contributed by atoms with van der Waals surface area (Å²) in [7, 11) is 1.57. The summed E-state index contributed by atoms with van der Waals surface area (Å²) in [5.74, 6) is -0.522. The number of carbonyl (C=O) groups is 3. The molecule has 0 aromatic heterocycles. The molecule has 0 saturated carbocycles. The molecule has 0 heterocycles. The molecule has 26 heavy (non-hydrogen) atoms. The van der Waals surface area contributed by atoms with Crippen molar-refractivity contribution in [2.45, 2.75) is 13.5 Å². The highest BCUT2D eigenvalue weighted by atomic mass is 16.5. The van der Waals surface area contributed by atoms with Crippen LogP contribution in [0.25, 0.3) is 0 Å². The molecule has 0 unspecified atom stereocenters. The van der Waals surface area contributed by atoms with E-state index in [0.717, 1.165) is 5.56 Å². The Morgan fingerprint density at radius 2 is 1.77 bits per heavy atom. The number of nitrogens with one attached hydrogen (secondary N) is 2. The van der Waals surface area contributed by atoms with Crippen molar-refractivity contribution in [2.24, 2.45) is 0 Å². The molecule has 0 aliphatic rings. The smallest absolute Gasteiger partial charge is 0.338 e. The lowest BCUT2D eigenvalue weighted by molar-refractivity contribution is -0.124. The monoisotopic (exact) mass is 356 g/mol. The Bertz CT molecular complexity index is 787. The van der Waals surface area contributed by atoms with Crippen LogP contribution in [0.5, 0.6) is 5.75 Å². The molecule has 0 bridgehead atoms. The SMILES string of the molecule is COc1cccc(CNC(=O)COC(=O)c2ccc(NC(C)=O)cc2)c1. The predicted octanol–water partition coefficient (Wildman–Crippen LogP) is 2.13. The number of ether oxygens (including phenoxy) is 2. The fourth-order valence-electron chi connectivity index (χ4n) is 2.14. The standard InChI is InChI=1S/C19H20N2O5/c1-13(22)21-16-8-6-15(7-9-16)19(24)26-12-18(23)20-11-14-4-3-5-17(10-14)25-2/h3-10H,11-12H2,1-2H3,(H,20,23)(H,21,22). The van der Waals surface area contributed by atoms with Gasteiger partial charge in [-0.3, -0.25) is 9.59 Å². The van der Waals surface area contributed by atoms with Gasteiger partial charge >= 0.3 is 5.97 Å². The van der Waals surface area contributed by atoms with Crippen molar-refractivity contribution in [3.63, 3.8) is 0 Å². The molecule has 0 aliphatic carbocycles. The van der Waals surface area contributed by atoms with E-state index in [1.54, 1.807) is 19.2 Å². The van der Waals surface area contributed by atoms with Gasteiger partial charge in [-0.1, -0.05) is 12.1 Å². The lowest BCUT2D eigenvalue weighted by Crippen LogP contribution is -2.28. The molecule has 2 aromatic rings.